The number of hydrogen-bond acceptors (Lipinski definition) is 2. The van der Waals surface area contributed by atoms with Crippen LogP contribution in [-0.4, -0.2) is 7.05 Å². The summed E-state index contributed by atoms with van der Waals surface area (Å²) >= 11 is 0. The lowest BCUT2D eigenvalue weighted by molar-refractivity contribution is 0.456. The standard InChI is InChI=1S/C16H13F2NO/c1-19-16(15-11(17)6-4-7-12(15)18)14-9-10-5-2-3-8-13(10)20-14/h2-9,16,19H,1H3. The number of para-hydroxylation sites is 1. The fourth-order valence-corrected chi connectivity index (χ4v) is 2.36. The fraction of sp³-hybridized carbons (Fsp3) is 0.125. The van der Waals surface area contributed by atoms with E-state index in [2.05, 4.69) is 5.32 Å². The summed E-state index contributed by atoms with van der Waals surface area (Å²) in [5.74, 6) is -0.702. The van der Waals surface area contributed by atoms with E-state index in [1.54, 1.807) is 13.1 Å². The van der Waals surface area contributed by atoms with Crippen LogP contribution in [0.2, 0.25) is 0 Å². The Morgan fingerprint density at radius 2 is 1.70 bits per heavy atom. The molecule has 0 amide bonds. The van der Waals surface area contributed by atoms with Crippen molar-refractivity contribution in [3.63, 3.8) is 0 Å². The van der Waals surface area contributed by atoms with Crippen LogP contribution >= 0.6 is 0 Å². The lowest BCUT2D eigenvalue weighted by atomic mass is 10.0. The lowest BCUT2D eigenvalue weighted by Gasteiger charge is -2.15. The summed E-state index contributed by atoms with van der Waals surface area (Å²) in [6.45, 7) is 0. The maximum atomic E-state index is 13.9. The van der Waals surface area contributed by atoms with Gasteiger partial charge >= 0.3 is 0 Å². The molecule has 102 valence electrons. The van der Waals surface area contributed by atoms with Gasteiger partial charge in [-0.2, -0.15) is 0 Å². The number of hydrogen-bond donors (Lipinski definition) is 1. The van der Waals surface area contributed by atoms with Gasteiger partial charge in [-0.1, -0.05) is 24.3 Å². The molecular formula is C16H13F2NO. The second kappa shape index (κ2) is 5.06. The van der Waals surface area contributed by atoms with Crippen LogP contribution in [0.25, 0.3) is 11.0 Å². The summed E-state index contributed by atoms with van der Waals surface area (Å²) < 4.78 is 33.5. The molecule has 0 aliphatic rings. The number of nitrogens with one attached hydrogen (secondary N) is 1. The first kappa shape index (κ1) is 12.8. The number of rotatable bonds is 3. The molecule has 0 bridgehead atoms. The molecule has 1 unspecified atom stereocenters. The van der Waals surface area contributed by atoms with E-state index in [0.29, 0.717) is 11.3 Å². The van der Waals surface area contributed by atoms with Gasteiger partial charge in [0.25, 0.3) is 0 Å². The molecule has 1 N–H and O–H groups in total. The van der Waals surface area contributed by atoms with E-state index in [1.807, 2.05) is 24.3 Å². The Bertz CT molecular complexity index is 698. The Hall–Kier alpha value is -2.20. The Kier molecular flexibility index (Phi) is 3.24. The molecule has 0 spiro atoms. The molecule has 0 fully saturated rings. The Balaban J connectivity index is 2.14. The molecule has 0 aliphatic heterocycles. The monoisotopic (exact) mass is 273 g/mol. The van der Waals surface area contributed by atoms with Crippen molar-refractivity contribution in [1.82, 2.24) is 5.32 Å². The SMILES string of the molecule is CNC(c1cc2ccccc2o1)c1c(F)cccc1F. The van der Waals surface area contributed by atoms with Gasteiger partial charge in [0.1, 0.15) is 23.0 Å². The minimum atomic E-state index is -0.663. The van der Waals surface area contributed by atoms with Crippen molar-refractivity contribution in [3.05, 3.63) is 71.5 Å². The summed E-state index contributed by atoms with van der Waals surface area (Å²) in [6.07, 6.45) is 0. The van der Waals surface area contributed by atoms with Crippen LogP contribution in [0.3, 0.4) is 0 Å². The third kappa shape index (κ3) is 2.08. The van der Waals surface area contributed by atoms with Crippen LogP contribution in [0.4, 0.5) is 8.78 Å². The minimum absolute atomic E-state index is 0.0333. The van der Waals surface area contributed by atoms with Crippen LogP contribution in [0.15, 0.2) is 52.9 Å². The molecule has 4 heteroatoms. The van der Waals surface area contributed by atoms with Gasteiger partial charge in [-0.15, -0.1) is 0 Å². The Morgan fingerprint density at radius 3 is 2.35 bits per heavy atom. The van der Waals surface area contributed by atoms with Crippen LogP contribution in [0.5, 0.6) is 0 Å². The smallest absolute Gasteiger partial charge is 0.134 e. The zero-order chi connectivity index (χ0) is 14.1. The summed E-state index contributed by atoms with van der Waals surface area (Å²) in [5.41, 5.74) is 0.661. The Labute approximate surface area is 115 Å². The average Bonchev–Trinajstić information content (AvgIpc) is 2.86. The molecule has 0 aliphatic carbocycles. The highest BCUT2D eigenvalue weighted by Crippen LogP contribution is 2.30. The van der Waals surface area contributed by atoms with Crippen molar-refractivity contribution in [2.24, 2.45) is 0 Å². The molecule has 3 aromatic rings. The highest BCUT2D eigenvalue weighted by atomic mass is 19.1. The minimum Gasteiger partial charge on any atom is -0.459 e. The summed E-state index contributed by atoms with van der Waals surface area (Å²) in [4.78, 5) is 0. The van der Waals surface area contributed by atoms with Crippen LogP contribution in [0.1, 0.15) is 17.4 Å². The molecular weight excluding hydrogens is 260 g/mol. The first-order valence-corrected chi connectivity index (χ1v) is 6.30. The molecule has 0 saturated carbocycles. The first-order chi connectivity index (χ1) is 9.70. The maximum absolute atomic E-state index is 13.9. The molecule has 3 rings (SSSR count). The normalized spacial score (nSPS) is 12.8. The van der Waals surface area contributed by atoms with Gasteiger partial charge in [0.2, 0.25) is 0 Å². The van der Waals surface area contributed by atoms with E-state index in [4.69, 9.17) is 4.42 Å². The number of fused-ring (bicyclic) bond motifs is 1. The quantitative estimate of drug-likeness (QED) is 0.779. The number of benzene rings is 2. The van der Waals surface area contributed by atoms with Crippen molar-refractivity contribution in [3.8, 4) is 0 Å². The molecule has 1 heterocycles. The van der Waals surface area contributed by atoms with Crippen molar-refractivity contribution >= 4 is 11.0 Å². The van der Waals surface area contributed by atoms with Gasteiger partial charge in [0, 0.05) is 10.9 Å². The summed E-state index contributed by atoms with van der Waals surface area (Å²) in [7, 11) is 1.64. The van der Waals surface area contributed by atoms with Crippen LogP contribution < -0.4 is 5.32 Å². The Morgan fingerprint density at radius 1 is 1.00 bits per heavy atom. The van der Waals surface area contributed by atoms with Crippen molar-refractivity contribution in [2.45, 2.75) is 6.04 Å². The van der Waals surface area contributed by atoms with Gasteiger partial charge in [-0.25, -0.2) is 8.78 Å². The van der Waals surface area contributed by atoms with Gasteiger partial charge in [0.15, 0.2) is 0 Å². The topological polar surface area (TPSA) is 25.2 Å². The first-order valence-electron chi connectivity index (χ1n) is 6.30. The van der Waals surface area contributed by atoms with Crippen LogP contribution in [0, 0.1) is 11.6 Å². The molecule has 0 radical (unpaired) electrons. The zero-order valence-electron chi connectivity index (χ0n) is 10.9. The second-order valence-electron chi connectivity index (χ2n) is 4.54. The summed E-state index contributed by atoms with van der Waals surface area (Å²) in [6, 6.07) is 12.4. The second-order valence-corrected chi connectivity index (χ2v) is 4.54. The molecule has 1 aromatic heterocycles. The molecule has 2 nitrogen and oxygen atoms in total. The highest BCUT2D eigenvalue weighted by molar-refractivity contribution is 5.78. The fourth-order valence-electron chi connectivity index (χ4n) is 2.36. The predicted octanol–water partition coefficient (Wildman–Crippen LogP) is 4.02. The average molecular weight is 273 g/mol. The van der Waals surface area contributed by atoms with E-state index in [-0.39, 0.29) is 5.56 Å². The zero-order valence-corrected chi connectivity index (χ0v) is 10.9. The van der Waals surface area contributed by atoms with Crippen LogP contribution in [-0.2, 0) is 0 Å². The van der Waals surface area contributed by atoms with E-state index < -0.39 is 17.7 Å². The third-order valence-corrected chi connectivity index (χ3v) is 3.31. The number of halogens is 2. The van der Waals surface area contributed by atoms with E-state index in [9.17, 15) is 8.78 Å². The molecule has 20 heavy (non-hydrogen) atoms. The van der Waals surface area contributed by atoms with Crippen molar-refractivity contribution in [2.75, 3.05) is 7.05 Å². The van der Waals surface area contributed by atoms with Gasteiger partial charge < -0.3 is 9.73 Å². The van der Waals surface area contributed by atoms with E-state index in [0.717, 1.165) is 5.39 Å². The molecule has 0 saturated heterocycles. The molecule has 2 aromatic carbocycles. The van der Waals surface area contributed by atoms with Gasteiger partial charge in [-0.3, -0.25) is 0 Å². The molecule has 1 atom stereocenters. The third-order valence-electron chi connectivity index (χ3n) is 3.31. The predicted molar refractivity (Wildman–Crippen MR) is 73.5 cm³/mol. The largest absolute Gasteiger partial charge is 0.459 e. The number of furan rings is 1. The maximum Gasteiger partial charge on any atom is 0.134 e. The van der Waals surface area contributed by atoms with Crippen molar-refractivity contribution < 1.29 is 13.2 Å². The van der Waals surface area contributed by atoms with E-state index >= 15 is 0 Å². The van der Waals surface area contributed by atoms with Crippen molar-refractivity contribution in [1.29, 1.82) is 0 Å². The van der Waals surface area contributed by atoms with E-state index in [1.165, 1.54) is 18.2 Å². The highest BCUT2D eigenvalue weighted by Gasteiger charge is 2.23. The van der Waals surface area contributed by atoms with Gasteiger partial charge in [-0.05, 0) is 31.3 Å². The summed E-state index contributed by atoms with van der Waals surface area (Å²) in [5, 5.41) is 3.81. The lowest BCUT2D eigenvalue weighted by Crippen LogP contribution is -2.19. The van der Waals surface area contributed by atoms with Gasteiger partial charge in [0.05, 0.1) is 6.04 Å².